The van der Waals surface area contributed by atoms with Gasteiger partial charge in [-0.2, -0.15) is 0 Å². The lowest BCUT2D eigenvalue weighted by Gasteiger charge is -2.27. The predicted octanol–water partition coefficient (Wildman–Crippen LogP) is 2.50. The van der Waals surface area contributed by atoms with E-state index in [0.29, 0.717) is 35.4 Å². The molecular weight excluding hydrogens is 299 g/mol. The molecule has 1 aliphatic rings. The van der Waals surface area contributed by atoms with Crippen molar-refractivity contribution >= 4 is 29.9 Å². The van der Waals surface area contributed by atoms with Gasteiger partial charge in [-0.05, 0) is 24.6 Å². The number of nitrogens with one attached hydrogen (secondary N) is 2. The largest absolute Gasteiger partial charge is 0.493 e. The number of halogens is 2. The lowest BCUT2D eigenvalue weighted by Crippen LogP contribution is -2.48. The van der Waals surface area contributed by atoms with Gasteiger partial charge in [-0.15, -0.1) is 12.4 Å². The summed E-state index contributed by atoms with van der Waals surface area (Å²) in [6, 6.07) is 5.14. The molecule has 20 heavy (non-hydrogen) atoms. The molecule has 0 bridgehead atoms. The third-order valence-electron chi connectivity index (χ3n) is 3.07. The molecule has 0 aromatic heterocycles. The molecule has 1 heterocycles. The van der Waals surface area contributed by atoms with Crippen LogP contribution in [0, 0.1) is 5.92 Å². The Morgan fingerprint density at radius 1 is 1.50 bits per heavy atom. The third kappa shape index (κ3) is 4.54. The lowest BCUT2D eigenvalue weighted by molar-refractivity contribution is 0.0938. The molecular formula is C14H20Cl2N2O2. The van der Waals surface area contributed by atoms with Crippen molar-refractivity contribution in [1.82, 2.24) is 10.6 Å². The molecule has 0 spiro atoms. The minimum Gasteiger partial charge on any atom is -0.493 e. The number of hydrogen-bond acceptors (Lipinski definition) is 3. The molecule has 0 aliphatic carbocycles. The minimum absolute atomic E-state index is 0. The number of carbonyl (C=O) groups excluding carboxylic acids is 1. The first-order chi connectivity index (χ1) is 9.20. The first-order valence-corrected chi connectivity index (χ1v) is 6.99. The topological polar surface area (TPSA) is 50.4 Å². The Kier molecular flexibility index (Phi) is 7.13. The number of ether oxygens (including phenoxy) is 1. The first-order valence-electron chi connectivity index (χ1n) is 6.62. The maximum atomic E-state index is 12.2. The van der Waals surface area contributed by atoms with Crippen LogP contribution >= 0.6 is 24.0 Å². The van der Waals surface area contributed by atoms with Crippen molar-refractivity contribution in [3.05, 3.63) is 28.8 Å². The van der Waals surface area contributed by atoms with E-state index in [4.69, 9.17) is 16.3 Å². The molecule has 1 amide bonds. The third-order valence-corrected chi connectivity index (χ3v) is 3.30. The van der Waals surface area contributed by atoms with Crippen molar-refractivity contribution in [3.63, 3.8) is 0 Å². The summed E-state index contributed by atoms with van der Waals surface area (Å²) in [5, 5.41) is 6.64. The van der Waals surface area contributed by atoms with Gasteiger partial charge in [0.05, 0.1) is 12.2 Å². The molecule has 0 radical (unpaired) electrons. The van der Waals surface area contributed by atoms with E-state index in [9.17, 15) is 4.79 Å². The van der Waals surface area contributed by atoms with E-state index in [0.717, 1.165) is 19.5 Å². The fourth-order valence-electron chi connectivity index (χ4n) is 1.84. The van der Waals surface area contributed by atoms with Crippen LogP contribution in [0.5, 0.6) is 5.75 Å². The van der Waals surface area contributed by atoms with Gasteiger partial charge < -0.3 is 15.4 Å². The maximum absolute atomic E-state index is 12.2. The minimum atomic E-state index is -0.125. The van der Waals surface area contributed by atoms with Gasteiger partial charge in [0.25, 0.3) is 5.91 Å². The van der Waals surface area contributed by atoms with Crippen LogP contribution in [-0.4, -0.2) is 32.1 Å². The van der Waals surface area contributed by atoms with Gasteiger partial charge >= 0.3 is 0 Å². The summed E-state index contributed by atoms with van der Waals surface area (Å²) in [6.45, 7) is 5.24. The summed E-state index contributed by atoms with van der Waals surface area (Å²) < 4.78 is 5.58. The summed E-state index contributed by atoms with van der Waals surface area (Å²) in [5.74, 6) is 0.999. The van der Waals surface area contributed by atoms with Gasteiger partial charge in [-0.3, -0.25) is 4.79 Å². The van der Waals surface area contributed by atoms with Crippen LogP contribution < -0.4 is 15.4 Å². The quantitative estimate of drug-likeness (QED) is 0.847. The number of rotatable bonds is 6. The molecule has 112 valence electrons. The highest BCUT2D eigenvalue weighted by Crippen LogP contribution is 2.23. The summed E-state index contributed by atoms with van der Waals surface area (Å²) in [4.78, 5) is 12.2. The van der Waals surface area contributed by atoms with Crippen molar-refractivity contribution in [2.24, 2.45) is 5.92 Å². The highest BCUT2D eigenvalue weighted by atomic mass is 35.5. The van der Waals surface area contributed by atoms with E-state index in [2.05, 4.69) is 10.6 Å². The Morgan fingerprint density at radius 2 is 2.25 bits per heavy atom. The average molecular weight is 319 g/mol. The van der Waals surface area contributed by atoms with Crippen LogP contribution in [0.2, 0.25) is 5.02 Å². The molecule has 1 aromatic carbocycles. The Bertz CT molecular complexity index is 451. The maximum Gasteiger partial charge on any atom is 0.255 e. The van der Waals surface area contributed by atoms with E-state index in [-0.39, 0.29) is 18.3 Å². The van der Waals surface area contributed by atoms with E-state index in [1.807, 2.05) is 6.92 Å². The van der Waals surface area contributed by atoms with Gasteiger partial charge in [0.2, 0.25) is 0 Å². The van der Waals surface area contributed by atoms with Gasteiger partial charge in [0.1, 0.15) is 5.75 Å². The smallest absolute Gasteiger partial charge is 0.255 e. The van der Waals surface area contributed by atoms with Crippen molar-refractivity contribution in [1.29, 1.82) is 0 Å². The zero-order valence-corrected chi connectivity index (χ0v) is 13.0. The highest BCUT2D eigenvalue weighted by Gasteiger charge is 2.19. The van der Waals surface area contributed by atoms with Crippen LogP contribution in [0.3, 0.4) is 0 Å². The molecule has 0 saturated carbocycles. The van der Waals surface area contributed by atoms with Crippen LogP contribution in [0.25, 0.3) is 0 Å². The second-order valence-electron chi connectivity index (χ2n) is 4.72. The predicted molar refractivity (Wildman–Crippen MR) is 83.2 cm³/mol. The van der Waals surface area contributed by atoms with E-state index >= 15 is 0 Å². The van der Waals surface area contributed by atoms with Gasteiger partial charge in [0, 0.05) is 30.6 Å². The molecule has 2 N–H and O–H groups in total. The molecule has 2 rings (SSSR count). The standard InChI is InChI=1S/C14H19ClN2O2.ClH/c1-2-5-19-13-4-3-11(15)6-12(13)14(18)17-9-10-7-16-8-10;/h3-4,6,10,16H,2,5,7-9H2,1H3,(H,17,18);1H. The van der Waals surface area contributed by atoms with E-state index in [1.165, 1.54) is 0 Å². The monoisotopic (exact) mass is 318 g/mol. The number of benzene rings is 1. The number of hydrogen-bond donors (Lipinski definition) is 2. The van der Waals surface area contributed by atoms with Crippen LogP contribution in [0.4, 0.5) is 0 Å². The van der Waals surface area contributed by atoms with Crippen LogP contribution in [0.15, 0.2) is 18.2 Å². The SMILES string of the molecule is CCCOc1ccc(Cl)cc1C(=O)NCC1CNC1.Cl. The van der Waals surface area contributed by atoms with E-state index in [1.54, 1.807) is 18.2 Å². The first kappa shape index (κ1) is 17.1. The second kappa shape index (κ2) is 8.35. The molecule has 1 saturated heterocycles. The average Bonchev–Trinajstić information content (AvgIpc) is 2.35. The summed E-state index contributed by atoms with van der Waals surface area (Å²) in [7, 11) is 0. The zero-order chi connectivity index (χ0) is 13.7. The fraction of sp³-hybridized carbons (Fsp3) is 0.500. The fourth-order valence-corrected chi connectivity index (χ4v) is 2.01. The molecule has 6 heteroatoms. The van der Waals surface area contributed by atoms with Gasteiger partial charge in [0.15, 0.2) is 0 Å². The van der Waals surface area contributed by atoms with Crippen LogP contribution in [0.1, 0.15) is 23.7 Å². The van der Waals surface area contributed by atoms with Crippen molar-refractivity contribution in [2.45, 2.75) is 13.3 Å². The highest BCUT2D eigenvalue weighted by molar-refractivity contribution is 6.31. The van der Waals surface area contributed by atoms with Gasteiger partial charge in [-0.1, -0.05) is 18.5 Å². The molecule has 1 aromatic rings. The van der Waals surface area contributed by atoms with Crippen molar-refractivity contribution in [3.8, 4) is 5.75 Å². The van der Waals surface area contributed by atoms with Crippen molar-refractivity contribution < 1.29 is 9.53 Å². The summed E-state index contributed by atoms with van der Waals surface area (Å²) in [6.07, 6.45) is 0.900. The van der Waals surface area contributed by atoms with E-state index < -0.39 is 0 Å². The lowest BCUT2D eigenvalue weighted by atomic mass is 10.0. The Balaban J connectivity index is 0.00000200. The van der Waals surface area contributed by atoms with Crippen molar-refractivity contribution in [2.75, 3.05) is 26.2 Å². The molecule has 1 aliphatic heterocycles. The molecule has 4 nitrogen and oxygen atoms in total. The van der Waals surface area contributed by atoms with Crippen LogP contribution in [-0.2, 0) is 0 Å². The Hall–Kier alpha value is -0.970. The second-order valence-corrected chi connectivity index (χ2v) is 5.16. The normalized spacial score (nSPS) is 14.1. The molecule has 1 fully saturated rings. The molecule has 0 unspecified atom stereocenters. The number of carbonyl (C=O) groups is 1. The Labute approximate surface area is 130 Å². The molecule has 0 atom stereocenters. The van der Waals surface area contributed by atoms with Gasteiger partial charge in [-0.25, -0.2) is 0 Å². The summed E-state index contributed by atoms with van der Waals surface area (Å²) >= 11 is 5.95. The number of amides is 1. The zero-order valence-electron chi connectivity index (χ0n) is 11.4. The Morgan fingerprint density at radius 3 is 2.85 bits per heavy atom. The summed E-state index contributed by atoms with van der Waals surface area (Å²) in [5.41, 5.74) is 0.508.